The van der Waals surface area contributed by atoms with Crippen LogP contribution in [-0.2, 0) is 13.2 Å². The zero-order valence-electron chi connectivity index (χ0n) is 12.8. The first-order valence-electron chi connectivity index (χ1n) is 7.31. The molecule has 21 heavy (non-hydrogen) atoms. The molecule has 1 aromatic heterocycles. The quantitative estimate of drug-likeness (QED) is 0.851. The predicted octanol–water partition coefficient (Wildman–Crippen LogP) is 3.29. The molecule has 0 aliphatic heterocycles. The number of aromatic nitrogens is 2. The average Bonchev–Trinajstić information content (AvgIpc) is 2.94. The van der Waals surface area contributed by atoms with E-state index in [1.54, 1.807) is 12.3 Å². The van der Waals surface area contributed by atoms with Crippen molar-refractivity contribution < 1.29 is 9.13 Å². The Labute approximate surface area is 124 Å². The lowest BCUT2D eigenvalue weighted by Crippen LogP contribution is -2.18. The summed E-state index contributed by atoms with van der Waals surface area (Å²) in [4.78, 5) is 0. The van der Waals surface area contributed by atoms with E-state index in [-0.39, 0.29) is 11.9 Å². The van der Waals surface area contributed by atoms with Crippen molar-refractivity contribution in [1.82, 2.24) is 15.1 Å². The molecule has 2 aromatic rings. The van der Waals surface area contributed by atoms with Crippen LogP contribution in [-0.4, -0.2) is 16.3 Å². The lowest BCUT2D eigenvalue weighted by atomic mass is 10.1. The standard InChI is InChI=1S/C16H22FN3O/c1-4-18-12(3)15-8-14(17)6-7-16(15)21-11-13-9-19-20(5-2)10-13/h6-10,12,18H,4-5,11H2,1-3H3. The molecule has 0 spiro atoms. The van der Waals surface area contributed by atoms with Crippen molar-refractivity contribution >= 4 is 0 Å². The van der Waals surface area contributed by atoms with Gasteiger partial charge in [-0.15, -0.1) is 0 Å². The van der Waals surface area contributed by atoms with Crippen molar-refractivity contribution in [3.05, 3.63) is 47.5 Å². The van der Waals surface area contributed by atoms with E-state index >= 15 is 0 Å². The first-order chi connectivity index (χ1) is 10.1. The van der Waals surface area contributed by atoms with Crippen LogP contribution < -0.4 is 10.1 Å². The van der Waals surface area contributed by atoms with Gasteiger partial charge in [0.2, 0.25) is 0 Å². The van der Waals surface area contributed by atoms with Crippen LogP contribution in [0.2, 0.25) is 0 Å². The Kier molecular flexibility index (Phi) is 5.33. The summed E-state index contributed by atoms with van der Waals surface area (Å²) < 4.78 is 21.2. The van der Waals surface area contributed by atoms with Crippen LogP contribution >= 0.6 is 0 Å². The molecule has 4 nitrogen and oxygen atoms in total. The maximum absolute atomic E-state index is 13.5. The Bertz CT molecular complexity index is 583. The Balaban J connectivity index is 2.11. The van der Waals surface area contributed by atoms with E-state index in [1.807, 2.05) is 31.6 Å². The summed E-state index contributed by atoms with van der Waals surface area (Å²) in [6, 6.07) is 4.67. The third-order valence-corrected chi connectivity index (χ3v) is 3.35. The molecule has 1 unspecified atom stereocenters. The van der Waals surface area contributed by atoms with Crippen molar-refractivity contribution in [3.63, 3.8) is 0 Å². The third-order valence-electron chi connectivity index (χ3n) is 3.35. The summed E-state index contributed by atoms with van der Waals surface area (Å²) >= 11 is 0. The first-order valence-corrected chi connectivity index (χ1v) is 7.31. The van der Waals surface area contributed by atoms with Gasteiger partial charge in [-0.2, -0.15) is 5.10 Å². The molecule has 1 atom stereocenters. The lowest BCUT2D eigenvalue weighted by molar-refractivity contribution is 0.299. The van der Waals surface area contributed by atoms with Crippen LogP contribution in [0, 0.1) is 5.82 Å². The van der Waals surface area contributed by atoms with E-state index in [4.69, 9.17) is 4.74 Å². The molecule has 0 aliphatic carbocycles. The van der Waals surface area contributed by atoms with E-state index in [0.717, 1.165) is 24.2 Å². The summed E-state index contributed by atoms with van der Waals surface area (Å²) in [6.07, 6.45) is 3.75. The first kappa shape index (κ1) is 15.5. The van der Waals surface area contributed by atoms with Gasteiger partial charge in [-0.3, -0.25) is 4.68 Å². The average molecular weight is 291 g/mol. The number of halogens is 1. The molecule has 114 valence electrons. The van der Waals surface area contributed by atoms with Crippen LogP contribution in [0.1, 0.15) is 37.9 Å². The molecule has 0 radical (unpaired) electrons. The Morgan fingerprint density at radius 3 is 2.86 bits per heavy atom. The van der Waals surface area contributed by atoms with Crippen molar-refractivity contribution in [2.45, 2.75) is 40.0 Å². The largest absolute Gasteiger partial charge is 0.488 e. The number of rotatable bonds is 7. The van der Waals surface area contributed by atoms with Gasteiger partial charge < -0.3 is 10.1 Å². The minimum atomic E-state index is -0.249. The number of nitrogens with one attached hydrogen (secondary N) is 1. The molecule has 0 aliphatic rings. The van der Waals surface area contributed by atoms with Crippen LogP contribution in [0.15, 0.2) is 30.6 Å². The van der Waals surface area contributed by atoms with E-state index in [2.05, 4.69) is 10.4 Å². The van der Waals surface area contributed by atoms with Gasteiger partial charge in [0.05, 0.1) is 6.20 Å². The smallest absolute Gasteiger partial charge is 0.124 e. The van der Waals surface area contributed by atoms with E-state index < -0.39 is 0 Å². The number of ether oxygens (including phenoxy) is 1. The number of hydrogen-bond acceptors (Lipinski definition) is 3. The van der Waals surface area contributed by atoms with Crippen molar-refractivity contribution in [2.24, 2.45) is 0 Å². The predicted molar refractivity (Wildman–Crippen MR) is 80.7 cm³/mol. The normalized spacial score (nSPS) is 12.4. The maximum Gasteiger partial charge on any atom is 0.124 e. The van der Waals surface area contributed by atoms with Crippen LogP contribution in [0.5, 0.6) is 5.75 Å². The van der Waals surface area contributed by atoms with Crippen LogP contribution in [0.3, 0.4) is 0 Å². The number of hydrogen-bond donors (Lipinski definition) is 1. The Morgan fingerprint density at radius 1 is 1.38 bits per heavy atom. The van der Waals surface area contributed by atoms with Gasteiger partial charge in [-0.1, -0.05) is 6.92 Å². The highest BCUT2D eigenvalue weighted by molar-refractivity contribution is 5.36. The van der Waals surface area contributed by atoms with Gasteiger partial charge in [-0.25, -0.2) is 4.39 Å². The van der Waals surface area contributed by atoms with Gasteiger partial charge >= 0.3 is 0 Å². The number of nitrogens with zero attached hydrogens (tertiary/aromatic N) is 2. The minimum absolute atomic E-state index is 0.0408. The number of benzene rings is 1. The summed E-state index contributed by atoms with van der Waals surface area (Å²) in [7, 11) is 0. The Hall–Kier alpha value is -1.88. The van der Waals surface area contributed by atoms with Gasteiger partial charge in [0.25, 0.3) is 0 Å². The highest BCUT2D eigenvalue weighted by Crippen LogP contribution is 2.26. The molecular weight excluding hydrogens is 269 g/mol. The molecule has 0 amide bonds. The zero-order valence-corrected chi connectivity index (χ0v) is 12.8. The monoisotopic (exact) mass is 291 g/mol. The molecule has 0 saturated carbocycles. The fourth-order valence-corrected chi connectivity index (χ4v) is 2.22. The number of aryl methyl sites for hydroxylation is 1. The van der Waals surface area contributed by atoms with Crippen LogP contribution in [0.4, 0.5) is 4.39 Å². The maximum atomic E-state index is 13.5. The highest BCUT2D eigenvalue weighted by Gasteiger charge is 2.12. The molecule has 0 saturated heterocycles. The Morgan fingerprint density at radius 2 is 2.19 bits per heavy atom. The van der Waals surface area contributed by atoms with Gasteiger partial charge in [-0.05, 0) is 38.6 Å². The molecule has 1 heterocycles. The highest BCUT2D eigenvalue weighted by atomic mass is 19.1. The van der Waals surface area contributed by atoms with Crippen molar-refractivity contribution in [2.75, 3.05) is 6.54 Å². The topological polar surface area (TPSA) is 39.1 Å². The van der Waals surface area contributed by atoms with Gasteiger partial charge in [0.1, 0.15) is 18.2 Å². The zero-order chi connectivity index (χ0) is 15.2. The summed E-state index contributed by atoms with van der Waals surface area (Å²) in [5, 5.41) is 7.49. The molecular formula is C16H22FN3O. The molecule has 1 aromatic carbocycles. The molecule has 0 bridgehead atoms. The van der Waals surface area contributed by atoms with Gasteiger partial charge in [0.15, 0.2) is 0 Å². The fourth-order valence-electron chi connectivity index (χ4n) is 2.22. The lowest BCUT2D eigenvalue weighted by Gasteiger charge is -2.17. The molecule has 5 heteroatoms. The molecule has 0 fully saturated rings. The summed E-state index contributed by atoms with van der Waals surface area (Å²) in [5.74, 6) is 0.454. The summed E-state index contributed by atoms with van der Waals surface area (Å²) in [5.41, 5.74) is 1.84. The second-order valence-corrected chi connectivity index (χ2v) is 4.95. The fraction of sp³-hybridized carbons (Fsp3) is 0.438. The second-order valence-electron chi connectivity index (χ2n) is 4.95. The summed E-state index contributed by atoms with van der Waals surface area (Å²) in [6.45, 7) is 8.14. The second kappa shape index (κ2) is 7.22. The van der Waals surface area contributed by atoms with Crippen LogP contribution in [0.25, 0.3) is 0 Å². The molecule has 1 N–H and O–H groups in total. The van der Waals surface area contributed by atoms with E-state index in [0.29, 0.717) is 12.4 Å². The van der Waals surface area contributed by atoms with Crippen molar-refractivity contribution in [1.29, 1.82) is 0 Å². The molecule has 2 rings (SSSR count). The van der Waals surface area contributed by atoms with Crippen molar-refractivity contribution in [3.8, 4) is 5.75 Å². The third kappa shape index (κ3) is 4.04. The van der Waals surface area contributed by atoms with E-state index in [1.165, 1.54) is 12.1 Å². The minimum Gasteiger partial charge on any atom is -0.488 e. The van der Waals surface area contributed by atoms with E-state index in [9.17, 15) is 4.39 Å². The van der Waals surface area contributed by atoms with Gasteiger partial charge in [0, 0.05) is 29.9 Å². The SMILES string of the molecule is CCNC(C)c1cc(F)ccc1OCc1cnn(CC)c1.